The van der Waals surface area contributed by atoms with Crippen LogP contribution in [0.2, 0.25) is 0 Å². The van der Waals surface area contributed by atoms with E-state index in [0.29, 0.717) is 12.1 Å². The van der Waals surface area contributed by atoms with Crippen LogP contribution in [0.25, 0.3) is 0 Å². The maximum absolute atomic E-state index is 5.34. The third-order valence-corrected chi connectivity index (χ3v) is 3.02. The van der Waals surface area contributed by atoms with Gasteiger partial charge in [-0.3, -0.25) is 4.90 Å². The molecule has 16 heavy (non-hydrogen) atoms. The van der Waals surface area contributed by atoms with Gasteiger partial charge in [0.1, 0.15) is 0 Å². The number of nitrogens with one attached hydrogen (secondary N) is 1. The Kier molecular flexibility index (Phi) is 6.96. The molecule has 0 aliphatic carbocycles. The summed E-state index contributed by atoms with van der Waals surface area (Å²) >= 11 is 0. The molecule has 0 saturated carbocycles. The number of hydrogen-bond acceptors (Lipinski definition) is 4. The highest BCUT2D eigenvalue weighted by Gasteiger charge is 2.15. The lowest BCUT2D eigenvalue weighted by Gasteiger charge is -2.31. The first-order valence-corrected chi connectivity index (χ1v) is 6.31. The van der Waals surface area contributed by atoms with E-state index in [1.807, 2.05) is 0 Å². The van der Waals surface area contributed by atoms with E-state index in [0.717, 1.165) is 45.9 Å². The Balaban J connectivity index is 2.19. The number of methoxy groups -OCH3 is 1. The quantitative estimate of drug-likeness (QED) is 0.699. The molecular weight excluding hydrogens is 204 g/mol. The van der Waals surface area contributed by atoms with Crippen LogP contribution in [0.5, 0.6) is 0 Å². The minimum absolute atomic E-state index is 0.473. The Hall–Kier alpha value is -0.160. The van der Waals surface area contributed by atoms with Gasteiger partial charge in [0.15, 0.2) is 0 Å². The highest BCUT2D eigenvalue weighted by Crippen LogP contribution is 2.00. The third kappa shape index (κ3) is 5.25. The predicted octanol–water partition coefficient (Wildman–Crippen LogP) is 0.722. The molecule has 1 rings (SSSR count). The van der Waals surface area contributed by atoms with E-state index in [-0.39, 0.29) is 0 Å². The van der Waals surface area contributed by atoms with Gasteiger partial charge in [0, 0.05) is 38.8 Å². The van der Waals surface area contributed by atoms with Crippen LogP contribution in [0.4, 0.5) is 0 Å². The van der Waals surface area contributed by atoms with E-state index in [1.54, 1.807) is 7.11 Å². The molecule has 0 spiro atoms. The largest absolute Gasteiger partial charge is 0.383 e. The second-order valence-corrected chi connectivity index (χ2v) is 4.54. The fourth-order valence-electron chi connectivity index (χ4n) is 2.11. The molecule has 0 bridgehead atoms. The molecule has 96 valence electrons. The van der Waals surface area contributed by atoms with Crippen molar-refractivity contribution in [3.05, 3.63) is 0 Å². The monoisotopic (exact) mass is 230 g/mol. The predicted molar refractivity (Wildman–Crippen MR) is 65.8 cm³/mol. The summed E-state index contributed by atoms with van der Waals surface area (Å²) in [5.41, 5.74) is 0. The van der Waals surface area contributed by atoms with Crippen LogP contribution < -0.4 is 5.32 Å². The maximum Gasteiger partial charge on any atom is 0.0615 e. The molecule has 0 amide bonds. The van der Waals surface area contributed by atoms with Crippen LogP contribution in [0, 0.1) is 0 Å². The molecule has 1 N–H and O–H groups in total. The standard InChI is InChI=1S/C12H26N2O2/c1-4-12(10-15-3)13-11(2)9-14-5-7-16-8-6-14/h11-13H,4-10H2,1-3H3. The van der Waals surface area contributed by atoms with Crippen molar-refractivity contribution in [1.82, 2.24) is 10.2 Å². The molecule has 1 fully saturated rings. The van der Waals surface area contributed by atoms with Gasteiger partial charge in [0.2, 0.25) is 0 Å². The molecule has 1 heterocycles. The van der Waals surface area contributed by atoms with Crippen molar-refractivity contribution in [1.29, 1.82) is 0 Å². The van der Waals surface area contributed by atoms with Gasteiger partial charge in [-0.15, -0.1) is 0 Å². The van der Waals surface area contributed by atoms with Crippen LogP contribution in [0.1, 0.15) is 20.3 Å². The first-order valence-electron chi connectivity index (χ1n) is 6.31. The second kappa shape index (κ2) is 8.01. The SMILES string of the molecule is CCC(COC)NC(C)CN1CCOCC1. The summed E-state index contributed by atoms with van der Waals surface area (Å²) in [5.74, 6) is 0. The minimum Gasteiger partial charge on any atom is -0.383 e. The van der Waals surface area contributed by atoms with Gasteiger partial charge in [0.05, 0.1) is 19.8 Å². The smallest absolute Gasteiger partial charge is 0.0615 e. The van der Waals surface area contributed by atoms with E-state index >= 15 is 0 Å². The summed E-state index contributed by atoms with van der Waals surface area (Å²) in [5, 5.41) is 3.61. The lowest BCUT2D eigenvalue weighted by atomic mass is 10.2. The average Bonchev–Trinajstić information content (AvgIpc) is 2.29. The Labute approximate surface area is 99.3 Å². The summed E-state index contributed by atoms with van der Waals surface area (Å²) in [6.45, 7) is 10.2. The van der Waals surface area contributed by atoms with Crippen LogP contribution >= 0.6 is 0 Å². The van der Waals surface area contributed by atoms with Crippen molar-refractivity contribution in [3.63, 3.8) is 0 Å². The molecule has 0 aromatic heterocycles. The fourth-order valence-corrected chi connectivity index (χ4v) is 2.11. The van der Waals surface area contributed by atoms with Crippen LogP contribution in [0.15, 0.2) is 0 Å². The zero-order valence-corrected chi connectivity index (χ0v) is 10.9. The summed E-state index contributed by atoms with van der Waals surface area (Å²) < 4.78 is 10.5. The Bertz CT molecular complexity index is 166. The molecule has 1 aliphatic rings. The maximum atomic E-state index is 5.34. The van der Waals surface area contributed by atoms with Gasteiger partial charge in [-0.05, 0) is 13.3 Å². The fraction of sp³-hybridized carbons (Fsp3) is 1.00. The lowest BCUT2D eigenvalue weighted by molar-refractivity contribution is 0.0330. The number of ether oxygens (including phenoxy) is 2. The number of hydrogen-bond donors (Lipinski definition) is 1. The first-order chi connectivity index (χ1) is 7.76. The van der Waals surface area contributed by atoms with Gasteiger partial charge in [-0.1, -0.05) is 6.92 Å². The molecular formula is C12H26N2O2. The molecule has 2 atom stereocenters. The minimum atomic E-state index is 0.473. The van der Waals surface area contributed by atoms with Gasteiger partial charge < -0.3 is 14.8 Å². The number of rotatable bonds is 7. The summed E-state index contributed by atoms with van der Waals surface area (Å²) in [7, 11) is 1.76. The van der Waals surface area contributed by atoms with Crippen LogP contribution in [-0.4, -0.2) is 63.5 Å². The molecule has 2 unspecified atom stereocenters. The summed E-state index contributed by atoms with van der Waals surface area (Å²) in [6.07, 6.45) is 1.11. The van der Waals surface area contributed by atoms with Crippen molar-refractivity contribution in [2.24, 2.45) is 0 Å². The Morgan fingerprint density at radius 1 is 1.38 bits per heavy atom. The van der Waals surface area contributed by atoms with E-state index in [9.17, 15) is 0 Å². The van der Waals surface area contributed by atoms with E-state index in [4.69, 9.17) is 9.47 Å². The lowest BCUT2D eigenvalue weighted by Crippen LogP contribution is -2.48. The van der Waals surface area contributed by atoms with E-state index < -0.39 is 0 Å². The number of morpholine rings is 1. The summed E-state index contributed by atoms with van der Waals surface area (Å²) in [4.78, 5) is 2.46. The van der Waals surface area contributed by atoms with E-state index in [1.165, 1.54) is 0 Å². The molecule has 0 aromatic rings. The van der Waals surface area contributed by atoms with Crippen molar-refractivity contribution < 1.29 is 9.47 Å². The molecule has 4 nitrogen and oxygen atoms in total. The van der Waals surface area contributed by atoms with Crippen molar-refractivity contribution in [3.8, 4) is 0 Å². The van der Waals surface area contributed by atoms with Crippen molar-refractivity contribution in [2.75, 3.05) is 46.6 Å². The Morgan fingerprint density at radius 2 is 2.06 bits per heavy atom. The first kappa shape index (κ1) is 13.9. The third-order valence-electron chi connectivity index (χ3n) is 3.02. The van der Waals surface area contributed by atoms with E-state index in [2.05, 4.69) is 24.1 Å². The van der Waals surface area contributed by atoms with Gasteiger partial charge in [-0.2, -0.15) is 0 Å². The van der Waals surface area contributed by atoms with Gasteiger partial charge >= 0.3 is 0 Å². The average molecular weight is 230 g/mol. The molecule has 0 radical (unpaired) electrons. The Morgan fingerprint density at radius 3 is 2.62 bits per heavy atom. The highest BCUT2D eigenvalue weighted by molar-refractivity contribution is 4.74. The molecule has 1 aliphatic heterocycles. The zero-order chi connectivity index (χ0) is 11.8. The zero-order valence-electron chi connectivity index (χ0n) is 10.9. The van der Waals surface area contributed by atoms with Crippen LogP contribution in [-0.2, 0) is 9.47 Å². The van der Waals surface area contributed by atoms with Gasteiger partial charge in [-0.25, -0.2) is 0 Å². The van der Waals surface area contributed by atoms with Gasteiger partial charge in [0.25, 0.3) is 0 Å². The number of nitrogens with zero attached hydrogens (tertiary/aromatic N) is 1. The topological polar surface area (TPSA) is 33.7 Å². The summed E-state index contributed by atoms with van der Waals surface area (Å²) in [6, 6.07) is 0.985. The van der Waals surface area contributed by atoms with Crippen LogP contribution in [0.3, 0.4) is 0 Å². The molecule has 4 heteroatoms. The molecule has 1 saturated heterocycles. The normalized spacial score (nSPS) is 21.9. The van der Waals surface area contributed by atoms with Crippen molar-refractivity contribution in [2.45, 2.75) is 32.4 Å². The highest BCUT2D eigenvalue weighted by atomic mass is 16.5. The van der Waals surface area contributed by atoms with Crippen molar-refractivity contribution >= 4 is 0 Å². The second-order valence-electron chi connectivity index (χ2n) is 4.54. The molecule has 0 aromatic carbocycles.